The summed E-state index contributed by atoms with van der Waals surface area (Å²) in [6.07, 6.45) is 5.12. The number of nitrogens with one attached hydrogen (secondary N) is 1. The zero-order valence-corrected chi connectivity index (χ0v) is 18.4. The Labute approximate surface area is 160 Å². The van der Waals surface area contributed by atoms with Crippen LogP contribution in [0.5, 0.6) is 0 Å². The van der Waals surface area contributed by atoms with Gasteiger partial charge in [0.2, 0.25) is 0 Å². The molecule has 1 N–H and O–H groups in total. The molecule has 0 radical (unpaired) electrons. The number of unbranched alkanes of at least 4 members (excludes halogenated alkanes) is 1. The van der Waals surface area contributed by atoms with Crippen molar-refractivity contribution in [2.75, 3.05) is 33.3 Å². The molecule has 1 saturated heterocycles. The Bertz CT molecular complexity index is 342. The maximum Gasteiger partial charge on any atom is 0.193 e. The van der Waals surface area contributed by atoms with E-state index in [4.69, 9.17) is 9.73 Å². The van der Waals surface area contributed by atoms with Crippen molar-refractivity contribution in [1.82, 2.24) is 10.2 Å². The topological polar surface area (TPSA) is 36.9 Å². The first-order valence-electron chi connectivity index (χ1n) is 9.01. The number of rotatable bonds is 6. The van der Waals surface area contributed by atoms with E-state index in [0.29, 0.717) is 12.0 Å². The molecule has 0 saturated carbocycles. The van der Waals surface area contributed by atoms with E-state index in [-0.39, 0.29) is 29.4 Å². The minimum atomic E-state index is 0. The van der Waals surface area contributed by atoms with Gasteiger partial charge in [-0.2, -0.15) is 0 Å². The van der Waals surface area contributed by atoms with Crippen LogP contribution in [-0.2, 0) is 4.74 Å². The molecule has 0 bridgehead atoms. The molecule has 2 atom stereocenters. The average Bonchev–Trinajstić information content (AvgIpc) is 2.48. The van der Waals surface area contributed by atoms with Gasteiger partial charge in [0.15, 0.2) is 5.96 Å². The molecule has 0 spiro atoms. The summed E-state index contributed by atoms with van der Waals surface area (Å²) in [5.41, 5.74) is 0.188. The first-order chi connectivity index (χ1) is 10.4. The quantitative estimate of drug-likeness (QED) is 0.384. The summed E-state index contributed by atoms with van der Waals surface area (Å²) >= 11 is 0. The van der Waals surface area contributed by atoms with E-state index in [1.807, 2.05) is 0 Å². The third-order valence-electron chi connectivity index (χ3n) is 4.32. The monoisotopic (exact) mass is 439 g/mol. The van der Waals surface area contributed by atoms with Crippen LogP contribution in [0.4, 0.5) is 0 Å². The molecule has 23 heavy (non-hydrogen) atoms. The Morgan fingerprint density at radius 2 is 2.00 bits per heavy atom. The van der Waals surface area contributed by atoms with Crippen LogP contribution in [0.15, 0.2) is 4.99 Å². The van der Waals surface area contributed by atoms with Crippen LogP contribution in [-0.4, -0.2) is 50.3 Å². The molecule has 0 amide bonds. The molecule has 1 fully saturated rings. The lowest BCUT2D eigenvalue weighted by atomic mass is 9.78. The van der Waals surface area contributed by atoms with E-state index >= 15 is 0 Å². The zero-order chi connectivity index (χ0) is 16.6. The van der Waals surface area contributed by atoms with Crippen LogP contribution >= 0.6 is 24.0 Å². The number of hydrogen-bond donors (Lipinski definition) is 1. The van der Waals surface area contributed by atoms with Gasteiger partial charge in [-0.3, -0.25) is 4.99 Å². The maximum atomic E-state index is 6.07. The fourth-order valence-electron chi connectivity index (χ4n) is 3.16. The first-order valence-corrected chi connectivity index (χ1v) is 9.01. The second-order valence-corrected chi connectivity index (χ2v) is 7.53. The standard InChI is InChI=1S/C18H37N3O.HI/c1-7-9-12-21(6)17(19-8-2)20-14-15-11-10-13-22-16(15)18(3,4)5;/h15-16H,7-14H2,1-6H3,(H,19,20);1H. The summed E-state index contributed by atoms with van der Waals surface area (Å²) in [5.74, 6) is 1.57. The van der Waals surface area contributed by atoms with Crippen molar-refractivity contribution in [1.29, 1.82) is 0 Å². The lowest BCUT2D eigenvalue weighted by molar-refractivity contribution is -0.0824. The van der Waals surface area contributed by atoms with Gasteiger partial charge in [0.05, 0.1) is 6.10 Å². The van der Waals surface area contributed by atoms with Gasteiger partial charge in [-0.1, -0.05) is 34.1 Å². The van der Waals surface area contributed by atoms with Crippen LogP contribution in [0.1, 0.15) is 60.3 Å². The van der Waals surface area contributed by atoms with Crippen LogP contribution in [0.3, 0.4) is 0 Å². The zero-order valence-electron chi connectivity index (χ0n) is 16.0. The largest absolute Gasteiger partial charge is 0.377 e. The molecule has 0 aliphatic carbocycles. The Balaban J connectivity index is 0.00000484. The highest BCUT2D eigenvalue weighted by Crippen LogP contribution is 2.34. The van der Waals surface area contributed by atoms with Crippen molar-refractivity contribution in [3.05, 3.63) is 0 Å². The third kappa shape index (κ3) is 8.05. The summed E-state index contributed by atoms with van der Waals surface area (Å²) in [6.45, 7) is 14.9. The van der Waals surface area contributed by atoms with Crippen LogP contribution in [0, 0.1) is 11.3 Å². The third-order valence-corrected chi connectivity index (χ3v) is 4.32. The summed E-state index contributed by atoms with van der Waals surface area (Å²) in [4.78, 5) is 7.16. The molecule has 1 rings (SSSR count). The maximum absolute atomic E-state index is 6.07. The van der Waals surface area contributed by atoms with Crippen molar-refractivity contribution in [3.8, 4) is 0 Å². The van der Waals surface area contributed by atoms with Crippen LogP contribution < -0.4 is 5.32 Å². The van der Waals surface area contributed by atoms with Gasteiger partial charge in [0.25, 0.3) is 0 Å². The smallest absolute Gasteiger partial charge is 0.193 e. The van der Waals surface area contributed by atoms with Crippen LogP contribution in [0.2, 0.25) is 0 Å². The second-order valence-electron chi connectivity index (χ2n) is 7.53. The number of aliphatic imine (C=N–C) groups is 1. The summed E-state index contributed by atoms with van der Waals surface area (Å²) in [5, 5.41) is 3.42. The predicted molar refractivity (Wildman–Crippen MR) is 111 cm³/mol. The summed E-state index contributed by atoms with van der Waals surface area (Å²) < 4.78 is 6.07. The minimum Gasteiger partial charge on any atom is -0.377 e. The Morgan fingerprint density at radius 1 is 1.30 bits per heavy atom. The first kappa shape index (κ1) is 23.0. The molecule has 0 aromatic rings. The fourth-order valence-corrected chi connectivity index (χ4v) is 3.16. The summed E-state index contributed by atoms with van der Waals surface area (Å²) in [7, 11) is 2.13. The van der Waals surface area contributed by atoms with E-state index < -0.39 is 0 Å². The van der Waals surface area contributed by atoms with Gasteiger partial charge in [0.1, 0.15) is 0 Å². The molecular formula is C18H38IN3O. The minimum absolute atomic E-state index is 0. The molecular weight excluding hydrogens is 401 g/mol. The molecule has 138 valence electrons. The molecule has 2 unspecified atom stereocenters. The van der Waals surface area contributed by atoms with Gasteiger partial charge >= 0.3 is 0 Å². The Kier molecular flexibility index (Phi) is 11.5. The van der Waals surface area contributed by atoms with E-state index in [9.17, 15) is 0 Å². The normalized spacial score (nSPS) is 22.4. The van der Waals surface area contributed by atoms with Crippen molar-refractivity contribution in [2.45, 2.75) is 66.4 Å². The van der Waals surface area contributed by atoms with Crippen molar-refractivity contribution in [2.24, 2.45) is 16.3 Å². The van der Waals surface area contributed by atoms with E-state index in [1.54, 1.807) is 0 Å². The highest BCUT2D eigenvalue weighted by atomic mass is 127. The van der Waals surface area contributed by atoms with Crippen molar-refractivity contribution < 1.29 is 4.74 Å². The number of halogens is 1. The van der Waals surface area contributed by atoms with Gasteiger partial charge in [-0.15, -0.1) is 24.0 Å². The fraction of sp³-hybridized carbons (Fsp3) is 0.944. The molecule has 1 aliphatic rings. The van der Waals surface area contributed by atoms with E-state index in [1.165, 1.54) is 19.3 Å². The van der Waals surface area contributed by atoms with Crippen LogP contribution in [0.25, 0.3) is 0 Å². The van der Waals surface area contributed by atoms with Gasteiger partial charge in [-0.25, -0.2) is 0 Å². The molecule has 1 heterocycles. The lowest BCUT2D eigenvalue weighted by Crippen LogP contribution is -2.43. The Morgan fingerprint density at radius 3 is 2.57 bits per heavy atom. The molecule has 0 aromatic heterocycles. The molecule has 5 heteroatoms. The lowest BCUT2D eigenvalue weighted by Gasteiger charge is -2.39. The van der Waals surface area contributed by atoms with E-state index in [0.717, 1.165) is 38.6 Å². The van der Waals surface area contributed by atoms with Gasteiger partial charge in [-0.05, 0) is 31.6 Å². The SMILES string of the molecule is CCCCN(C)C(=NCC1CCCOC1C(C)(C)C)NCC.I. The van der Waals surface area contributed by atoms with Crippen molar-refractivity contribution in [3.63, 3.8) is 0 Å². The second kappa shape index (κ2) is 11.5. The predicted octanol–water partition coefficient (Wildman–Crippen LogP) is 4.14. The summed E-state index contributed by atoms with van der Waals surface area (Å²) in [6, 6.07) is 0. The number of ether oxygens (including phenoxy) is 1. The highest BCUT2D eigenvalue weighted by molar-refractivity contribution is 14.0. The molecule has 1 aliphatic heterocycles. The number of nitrogens with zero attached hydrogens (tertiary/aromatic N) is 2. The number of guanidine groups is 1. The highest BCUT2D eigenvalue weighted by Gasteiger charge is 2.35. The molecule has 4 nitrogen and oxygen atoms in total. The van der Waals surface area contributed by atoms with E-state index in [2.05, 4.69) is 51.9 Å². The number of hydrogen-bond acceptors (Lipinski definition) is 2. The average molecular weight is 439 g/mol. The van der Waals surface area contributed by atoms with Crippen molar-refractivity contribution >= 4 is 29.9 Å². The molecule has 0 aromatic carbocycles. The van der Waals surface area contributed by atoms with Gasteiger partial charge in [0, 0.05) is 39.2 Å². The van der Waals surface area contributed by atoms with Gasteiger partial charge < -0.3 is 15.0 Å². The Hall–Kier alpha value is -0.0400.